The van der Waals surface area contributed by atoms with Gasteiger partial charge in [-0.25, -0.2) is 9.48 Å². The molecule has 0 spiro atoms. The minimum Gasteiger partial charge on any atom is -0.476 e. The molecule has 1 heterocycles. The van der Waals surface area contributed by atoms with Crippen molar-refractivity contribution in [1.82, 2.24) is 15.0 Å². The van der Waals surface area contributed by atoms with Crippen LogP contribution < -0.4 is 5.73 Å². The molecule has 3 N–H and O–H groups in total. The molecule has 0 aliphatic rings. The van der Waals surface area contributed by atoms with Gasteiger partial charge >= 0.3 is 5.97 Å². The van der Waals surface area contributed by atoms with Crippen LogP contribution in [0.3, 0.4) is 0 Å². The highest BCUT2D eigenvalue weighted by Crippen LogP contribution is 2.26. The second-order valence-corrected chi connectivity index (χ2v) is 4.42. The van der Waals surface area contributed by atoms with Crippen molar-refractivity contribution in [2.75, 3.05) is 5.73 Å². The zero-order valence-electron chi connectivity index (χ0n) is 10.9. The lowest BCUT2D eigenvalue weighted by Gasteiger charge is -2.13. The normalized spacial score (nSPS) is 12.3. The standard InChI is InChI=1S/C13H16N4O2/c1-3-8(2)17-12(11(13(18)19)15-16-17)9-4-6-10(14)7-5-9/h4-8H,3,14H2,1-2H3,(H,18,19). The van der Waals surface area contributed by atoms with Gasteiger partial charge in [0.1, 0.15) is 5.69 Å². The number of hydrogen-bond acceptors (Lipinski definition) is 4. The van der Waals surface area contributed by atoms with Crippen LogP contribution in [-0.2, 0) is 0 Å². The number of nitrogens with two attached hydrogens (primary N) is 1. The summed E-state index contributed by atoms with van der Waals surface area (Å²) in [6.07, 6.45) is 0.838. The predicted molar refractivity (Wildman–Crippen MR) is 71.8 cm³/mol. The van der Waals surface area contributed by atoms with Crippen LogP contribution in [0.1, 0.15) is 36.8 Å². The first-order valence-electron chi connectivity index (χ1n) is 6.09. The summed E-state index contributed by atoms with van der Waals surface area (Å²) < 4.78 is 1.65. The van der Waals surface area contributed by atoms with Gasteiger partial charge in [0.15, 0.2) is 5.69 Å². The van der Waals surface area contributed by atoms with E-state index in [9.17, 15) is 9.90 Å². The smallest absolute Gasteiger partial charge is 0.358 e. The van der Waals surface area contributed by atoms with Crippen molar-refractivity contribution in [2.24, 2.45) is 0 Å². The van der Waals surface area contributed by atoms with Gasteiger partial charge in [0.2, 0.25) is 0 Å². The summed E-state index contributed by atoms with van der Waals surface area (Å²) in [5.41, 5.74) is 7.50. The Bertz CT molecular complexity index is 589. The molecule has 0 fully saturated rings. The van der Waals surface area contributed by atoms with Gasteiger partial charge in [0, 0.05) is 11.3 Å². The number of anilines is 1. The monoisotopic (exact) mass is 260 g/mol. The molecule has 100 valence electrons. The first-order valence-corrected chi connectivity index (χ1v) is 6.09. The van der Waals surface area contributed by atoms with Crippen LogP contribution in [0.2, 0.25) is 0 Å². The molecule has 2 rings (SSSR count). The van der Waals surface area contributed by atoms with E-state index in [1.165, 1.54) is 0 Å². The molecule has 0 amide bonds. The van der Waals surface area contributed by atoms with Gasteiger partial charge in [-0.3, -0.25) is 0 Å². The molecule has 6 heteroatoms. The molecule has 1 aromatic heterocycles. The third-order valence-corrected chi connectivity index (χ3v) is 3.09. The lowest BCUT2D eigenvalue weighted by Crippen LogP contribution is -2.09. The number of nitrogens with zero attached hydrogens (tertiary/aromatic N) is 3. The Kier molecular flexibility index (Phi) is 3.50. The summed E-state index contributed by atoms with van der Waals surface area (Å²) in [4.78, 5) is 11.2. The van der Waals surface area contributed by atoms with Crippen LogP contribution >= 0.6 is 0 Å². The largest absolute Gasteiger partial charge is 0.476 e. The quantitative estimate of drug-likeness (QED) is 0.822. The van der Waals surface area contributed by atoms with E-state index in [2.05, 4.69) is 10.3 Å². The van der Waals surface area contributed by atoms with Gasteiger partial charge in [0.05, 0.1) is 6.04 Å². The molecule has 0 aliphatic heterocycles. The molecule has 0 radical (unpaired) electrons. The predicted octanol–water partition coefficient (Wildman–Crippen LogP) is 2.20. The van der Waals surface area contributed by atoms with Crippen molar-refractivity contribution in [3.63, 3.8) is 0 Å². The van der Waals surface area contributed by atoms with E-state index in [1.54, 1.807) is 28.9 Å². The highest BCUT2D eigenvalue weighted by molar-refractivity contribution is 5.92. The number of aromatic carboxylic acids is 1. The van der Waals surface area contributed by atoms with Crippen molar-refractivity contribution in [3.8, 4) is 11.3 Å². The van der Waals surface area contributed by atoms with Gasteiger partial charge in [-0.05, 0) is 25.5 Å². The highest BCUT2D eigenvalue weighted by atomic mass is 16.4. The summed E-state index contributed by atoms with van der Waals surface area (Å²) in [5, 5.41) is 16.9. The molecule has 2 aromatic rings. The number of rotatable bonds is 4. The fourth-order valence-electron chi connectivity index (χ4n) is 1.83. The van der Waals surface area contributed by atoms with Crippen molar-refractivity contribution >= 4 is 11.7 Å². The van der Waals surface area contributed by atoms with E-state index in [0.29, 0.717) is 11.4 Å². The van der Waals surface area contributed by atoms with Crippen LogP contribution in [-0.4, -0.2) is 26.1 Å². The summed E-state index contributed by atoms with van der Waals surface area (Å²) in [5.74, 6) is -1.08. The molecule has 0 aliphatic carbocycles. The number of carbonyl (C=O) groups is 1. The van der Waals surface area contributed by atoms with Gasteiger partial charge in [0.25, 0.3) is 0 Å². The number of hydrogen-bond donors (Lipinski definition) is 2. The van der Waals surface area contributed by atoms with Crippen LogP contribution in [0.25, 0.3) is 11.3 Å². The fourth-order valence-corrected chi connectivity index (χ4v) is 1.83. The first kappa shape index (κ1) is 13.1. The molecule has 1 aromatic carbocycles. The zero-order chi connectivity index (χ0) is 14.0. The van der Waals surface area contributed by atoms with E-state index in [1.807, 2.05) is 13.8 Å². The van der Waals surface area contributed by atoms with Gasteiger partial charge in [-0.15, -0.1) is 5.10 Å². The third kappa shape index (κ3) is 2.42. The van der Waals surface area contributed by atoms with Gasteiger partial charge in [-0.2, -0.15) is 0 Å². The minimum absolute atomic E-state index is 0.0370. The van der Waals surface area contributed by atoms with Gasteiger partial charge in [-0.1, -0.05) is 24.3 Å². The van der Waals surface area contributed by atoms with Crippen molar-refractivity contribution in [2.45, 2.75) is 26.3 Å². The van der Waals surface area contributed by atoms with Crippen LogP contribution in [0, 0.1) is 0 Å². The molecule has 0 saturated carbocycles. The average Bonchev–Trinajstić information content (AvgIpc) is 2.83. The SMILES string of the molecule is CCC(C)n1nnc(C(=O)O)c1-c1ccc(N)cc1. The molecule has 0 saturated heterocycles. The van der Waals surface area contributed by atoms with E-state index in [-0.39, 0.29) is 11.7 Å². The van der Waals surface area contributed by atoms with E-state index in [4.69, 9.17) is 5.73 Å². The Hall–Kier alpha value is -2.37. The number of benzene rings is 1. The van der Waals surface area contributed by atoms with Gasteiger partial charge < -0.3 is 10.8 Å². The minimum atomic E-state index is -1.08. The second kappa shape index (κ2) is 5.09. The first-order chi connectivity index (χ1) is 9.04. The summed E-state index contributed by atoms with van der Waals surface area (Å²) in [6, 6.07) is 7.09. The Morgan fingerprint density at radius 1 is 1.42 bits per heavy atom. The average molecular weight is 260 g/mol. The Labute approximate surface area is 110 Å². The summed E-state index contributed by atoms with van der Waals surface area (Å²) in [6.45, 7) is 3.99. The summed E-state index contributed by atoms with van der Waals surface area (Å²) in [7, 11) is 0. The van der Waals surface area contributed by atoms with E-state index < -0.39 is 5.97 Å². The summed E-state index contributed by atoms with van der Waals surface area (Å²) >= 11 is 0. The fraction of sp³-hybridized carbons (Fsp3) is 0.308. The topological polar surface area (TPSA) is 94.0 Å². The number of aromatic nitrogens is 3. The molecular formula is C13H16N4O2. The number of carboxylic acids is 1. The van der Waals surface area contributed by atoms with Crippen LogP contribution in [0.5, 0.6) is 0 Å². The van der Waals surface area contributed by atoms with Crippen LogP contribution in [0.15, 0.2) is 24.3 Å². The molecular weight excluding hydrogens is 244 g/mol. The maximum absolute atomic E-state index is 11.2. The lowest BCUT2D eigenvalue weighted by molar-refractivity contribution is 0.0691. The Morgan fingerprint density at radius 2 is 2.05 bits per heavy atom. The molecule has 1 atom stereocenters. The molecule has 19 heavy (non-hydrogen) atoms. The third-order valence-electron chi connectivity index (χ3n) is 3.09. The van der Waals surface area contributed by atoms with Crippen molar-refractivity contribution in [1.29, 1.82) is 0 Å². The lowest BCUT2D eigenvalue weighted by atomic mass is 10.1. The number of nitrogen functional groups attached to an aromatic ring is 1. The van der Waals surface area contributed by atoms with Crippen LogP contribution in [0.4, 0.5) is 5.69 Å². The second-order valence-electron chi connectivity index (χ2n) is 4.42. The molecule has 6 nitrogen and oxygen atoms in total. The number of carboxylic acid groups (broad SMARTS) is 1. The Balaban J connectivity index is 2.60. The molecule has 0 bridgehead atoms. The highest BCUT2D eigenvalue weighted by Gasteiger charge is 2.22. The van der Waals surface area contributed by atoms with E-state index in [0.717, 1.165) is 12.0 Å². The maximum Gasteiger partial charge on any atom is 0.358 e. The van der Waals surface area contributed by atoms with Crippen molar-refractivity contribution in [3.05, 3.63) is 30.0 Å². The Morgan fingerprint density at radius 3 is 2.58 bits per heavy atom. The molecule has 1 unspecified atom stereocenters. The zero-order valence-corrected chi connectivity index (χ0v) is 10.9. The van der Waals surface area contributed by atoms with Crippen molar-refractivity contribution < 1.29 is 9.90 Å². The maximum atomic E-state index is 11.2. The van der Waals surface area contributed by atoms with E-state index >= 15 is 0 Å².